The molecule has 2 aromatic carbocycles. The van der Waals surface area contributed by atoms with Crippen LogP contribution in [-0.2, 0) is 14.3 Å². The summed E-state index contributed by atoms with van der Waals surface area (Å²) in [6.07, 6.45) is 2.27. The van der Waals surface area contributed by atoms with Crippen LogP contribution in [0.4, 0.5) is 4.79 Å². The van der Waals surface area contributed by atoms with Gasteiger partial charge < -0.3 is 20.1 Å². The summed E-state index contributed by atoms with van der Waals surface area (Å²) in [4.78, 5) is 39.7. The fourth-order valence-electron chi connectivity index (χ4n) is 6.12. The minimum atomic E-state index is -1.06. The Morgan fingerprint density at radius 2 is 1.66 bits per heavy atom. The summed E-state index contributed by atoms with van der Waals surface area (Å²) in [5, 5.41) is 12.4. The molecule has 0 aromatic heterocycles. The predicted molar refractivity (Wildman–Crippen MR) is 131 cm³/mol. The van der Waals surface area contributed by atoms with Gasteiger partial charge in [0.1, 0.15) is 17.6 Å². The molecule has 0 spiro atoms. The smallest absolute Gasteiger partial charge is 0.408 e. The van der Waals surface area contributed by atoms with Crippen LogP contribution in [0.15, 0.2) is 48.5 Å². The number of carboxylic acid groups (broad SMARTS) is 1. The van der Waals surface area contributed by atoms with Crippen LogP contribution in [0.5, 0.6) is 0 Å². The summed E-state index contributed by atoms with van der Waals surface area (Å²) in [6, 6.07) is 16.3. The van der Waals surface area contributed by atoms with Crippen molar-refractivity contribution < 1.29 is 24.2 Å². The number of amides is 2. The molecule has 7 nitrogen and oxygen atoms in total. The largest absolute Gasteiger partial charge is 0.481 e. The second-order valence-corrected chi connectivity index (χ2v) is 10.8. The van der Waals surface area contributed by atoms with Crippen LogP contribution in [0, 0.1) is 11.3 Å². The van der Waals surface area contributed by atoms with E-state index < -0.39 is 23.0 Å². The minimum Gasteiger partial charge on any atom is -0.481 e. The molecule has 0 radical (unpaired) electrons. The molecule has 1 aliphatic heterocycles. The van der Waals surface area contributed by atoms with Crippen LogP contribution in [0.25, 0.3) is 11.1 Å². The van der Waals surface area contributed by atoms with E-state index in [0.717, 1.165) is 35.1 Å². The lowest BCUT2D eigenvalue weighted by Gasteiger charge is -2.50. The molecule has 2 amide bonds. The lowest BCUT2D eigenvalue weighted by molar-refractivity contribution is -0.167. The number of hydrogen-bond donors (Lipinski definition) is 2. The molecule has 0 bridgehead atoms. The predicted octanol–water partition coefficient (Wildman–Crippen LogP) is 4.41. The van der Waals surface area contributed by atoms with Crippen LogP contribution in [-0.4, -0.2) is 53.2 Å². The first-order chi connectivity index (χ1) is 16.7. The van der Waals surface area contributed by atoms with Crippen molar-refractivity contribution in [2.45, 2.75) is 51.0 Å². The van der Waals surface area contributed by atoms with Crippen molar-refractivity contribution in [2.75, 3.05) is 19.7 Å². The normalized spacial score (nSPS) is 24.6. The van der Waals surface area contributed by atoms with E-state index in [1.165, 1.54) is 0 Å². The van der Waals surface area contributed by atoms with E-state index in [4.69, 9.17) is 4.74 Å². The molecule has 2 N–H and O–H groups in total. The Hall–Kier alpha value is -3.35. The highest BCUT2D eigenvalue weighted by Gasteiger charge is 2.53. The van der Waals surface area contributed by atoms with Crippen LogP contribution in [0.1, 0.15) is 56.6 Å². The van der Waals surface area contributed by atoms with Gasteiger partial charge in [0.05, 0.1) is 0 Å². The van der Waals surface area contributed by atoms with Gasteiger partial charge in [0.25, 0.3) is 0 Å². The van der Waals surface area contributed by atoms with Crippen molar-refractivity contribution >= 4 is 18.0 Å². The number of carbonyl (C=O) groups excluding carboxylic acids is 2. The molecule has 2 aromatic rings. The number of benzene rings is 2. The number of carbonyl (C=O) groups is 3. The highest BCUT2D eigenvalue weighted by Crippen LogP contribution is 2.44. The molecule has 1 heterocycles. The van der Waals surface area contributed by atoms with Crippen molar-refractivity contribution in [1.29, 1.82) is 0 Å². The molecule has 2 fully saturated rings. The molecular formula is C28H32N2O5. The first kappa shape index (κ1) is 23.4. The van der Waals surface area contributed by atoms with E-state index in [2.05, 4.69) is 36.5 Å². The summed E-state index contributed by atoms with van der Waals surface area (Å²) in [6.45, 7) is 4.22. The van der Waals surface area contributed by atoms with Gasteiger partial charge >= 0.3 is 12.1 Å². The number of ether oxygens (including phenoxy) is 1. The topological polar surface area (TPSA) is 95.9 Å². The highest BCUT2D eigenvalue weighted by atomic mass is 16.5. The van der Waals surface area contributed by atoms with E-state index in [1.807, 2.05) is 24.3 Å². The zero-order valence-electron chi connectivity index (χ0n) is 20.3. The Kier molecular flexibility index (Phi) is 5.82. The SMILES string of the molecule is CC1CCCC(NC(=O)OCC2c3ccccc3-c3ccccc32)(C(=O)N2CC(C)(C(=O)O)C2)C1. The molecule has 35 heavy (non-hydrogen) atoms. The number of carboxylic acids is 1. The Morgan fingerprint density at radius 1 is 1.06 bits per heavy atom. The molecule has 1 saturated heterocycles. The van der Waals surface area contributed by atoms with Crippen molar-refractivity contribution in [3.63, 3.8) is 0 Å². The van der Waals surface area contributed by atoms with Gasteiger partial charge in [0, 0.05) is 19.0 Å². The zero-order valence-corrected chi connectivity index (χ0v) is 20.3. The Morgan fingerprint density at radius 3 is 2.23 bits per heavy atom. The van der Waals surface area contributed by atoms with Crippen LogP contribution >= 0.6 is 0 Å². The molecule has 2 unspecified atom stereocenters. The minimum absolute atomic E-state index is 0.0586. The van der Waals surface area contributed by atoms with Crippen molar-refractivity contribution in [1.82, 2.24) is 10.2 Å². The van der Waals surface area contributed by atoms with E-state index in [9.17, 15) is 19.5 Å². The summed E-state index contributed by atoms with van der Waals surface area (Å²) >= 11 is 0. The number of fused-ring (bicyclic) bond motifs is 3. The fourth-order valence-corrected chi connectivity index (χ4v) is 6.12. The van der Waals surface area contributed by atoms with Gasteiger partial charge in [0.15, 0.2) is 0 Å². The number of nitrogens with zero attached hydrogens (tertiary/aromatic N) is 1. The standard InChI is InChI=1S/C28H32N2O5/c1-18-8-7-13-28(14-18,24(31)30-16-27(2,17-30)25(32)33)29-26(34)35-15-23-21-11-5-3-9-19(21)20-10-4-6-12-22(20)23/h3-6,9-12,18,23H,7-8,13-17H2,1-2H3,(H,29,34)(H,32,33). The number of alkyl carbamates (subject to hydrolysis) is 1. The maximum atomic E-state index is 13.5. The van der Waals surface area contributed by atoms with E-state index in [0.29, 0.717) is 12.8 Å². The maximum absolute atomic E-state index is 13.5. The molecule has 5 rings (SSSR count). The fraction of sp³-hybridized carbons (Fsp3) is 0.464. The maximum Gasteiger partial charge on any atom is 0.408 e. The number of nitrogens with one attached hydrogen (secondary N) is 1. The number of likely N-dealkylation sites (tertiary alicyclic amines) is 1. The quantitative estimate of drug-likeness (QED) is 0.667. The first-order valence-corrected chi connectivity index (χ1v) is 12.4. The van der Waals surface area contributed by atoms with E-state index in [1.54, 1.807) is 11.8 Å². The summed E-state index contributed by atoms with van der Waals surface area (Å²) in [5.41, 5.74) is 2.59. The zero-order chi connectivity index (χ0) is 24.8. The summed E-state index contributed by atoms with van der Waals surface area (Å²) in [5.74, 6) is -0.890. The Balaban J connectivity index is 1.30. The number of aliphatic carboxylic acids is 1. The van der Waals surface area contributed by atoms with E-state index in [-0.39, 0.29) is 37.4 Å². The molecule has 2 aliphatic carbocycles. The molecule has 184 valence electrons. The molecule has 7 heteroatoms. The van der Waals surface area contributed by atoms with Crippen molar-refractivity contribution in [2.24, 2.45) is 11.3 Å². The van der Waals surface area contributed by atoms with Crippen molar-refractivity contribution in [3.8, 4) is 11.1 Å². The van der Waals surface area contributed by atoms with Gasteiger partial charge in [-0.05, 0) is 47.9 Å². The van der Waals surface area contributed by atoms with Gasteiger partial charge in [-0.3, -0.25) is 9.59 Å². The average Bonchev–Trinajstić information content (AvgIpc) is 3.14. The second-order valence-electron chi connectivity index (χ2n) is 10.8. The Bertz CT molecular complexity index is 1130. The monoisotopic (exact) mass is 476 g/mol. The molecular weight excluding hydrogens is 444 g/mol. The molecule has 3 aliphatic rings. The third-order valence-corrected chi connectivity index (χ3v) is 7.97. The lowest BCUT2D eigenvalue weighted by atomic mass is 9.73. The Labute approximate surface area is 205 Å². The highest BCUT2D eigenvalue weighted by molar-refractivity contribution is 5.92. The number of hydrogen-bond acceptors (Lipinski definition) is 4. The van der Waals surface area contributed by atoms with Crippen LogP contribution in [0.2, 0.25) is 0 Å². The van der Waals surface area contributed by atoms with Gasteiger partial charge in [0.2, 0.25) is 5.91 Å². The summed E-state index contributed by atoms with van der Waals surface area (Å²) < 4.78 is 5.75. The van der Waals surface area contributed by atoms with Crippen LogP contribution in [0.3, 0.4) is 0 Å². The van der Waals surface area contributed by atoms with Crippen molar-refractivity contribution in [3.05, 3.63) is 59.7 Å². The second kappa shape index (κ2) is 8.70. The summed E-state index contributed by atoms with van der Waals surface area (Å²) in [7, 11) is 0. The lowest BCUT2D eigenvalue weighted by Crippen LogP contribution is -2.69. The van der Waals surface area contributed by atoms with E-state index >= 15 is 0 Å². The molecule has 2 atom stereocenters. The number of rotatable bonds is 5. The third-order valence-electron chi connectivity index (χ3n) is 7.97. The van der Waals surface area contributed by atoms with Crippen LogP contribution < -0.4 is 5.32 Å². The van der Waals surface area contributed by atoms with Gasteiger partial charge in [-0.1, -0.05) is 68.3 Å². The van der Waals surface area contributed by atoms with Gasteiger partial charge in [-0.15, -0.1) is 0 Å². The van der Waals surface area contributed by atoms with Gasteiger partial charge in [-0.25, -0.2) is 4.79 Å². The third kappa shape index (κ3) is 4.07. The average molecular weight is 477 g/mol. The molecule has 1 saturated carbocycles. The first-order valence-electron chi connectivity index (χ1n) is 12.4. The van der Waals surface area contributed by atoms with Gasteiger partial charge in [-0.2, -0.15) is 0 Å².